The number of aliphatic hydroxyl groups is 1. The molecule has 1 fully saturated rings. The maximum Gasteiger partial charge on any atom is 0.248 e. The number of primary amides is 3. The van der Waals surface area contributed by atoms with E-state index in [1.807, 2.05) is 13.8 Å². The van der Waals surface area contributed by atoms with Gasteiger partial charge in [0.25, 0.3) is 0 Å². The average molecular weight is 1340 g/mol. The van der Waals surface area contributed by atoms with E-state index in [9.17, 15) is 77.3 Å². The van der Waals surface area contributed by atoms with Crippen LogP contribution in [-0.2, 0) is 73.5 Å². The monoisotopic (exact) mass is 1340 g/mol. The summed E-state index contributed by atoms with van der Waals surface area (Å²) in [7, 11) is 0. The van der Waals surface area contributed by atoms with E-state index in [0.29, 0.717) is 24.8 Å². The normalized spacial score (nSPS) is 15.8. The van der Waals surface area contributed by atoms with E-state index >= 15 is 0 Å². The van der Waals surface area contributed by atoms with Crippen LogP contribution in [0.4, 0.5) is 0 Å². The number of nitrogens with two attached hydrogens (primary N) is 3. The standard InChI is InChI=1S/C65H108N14O16/c1-13-16-17-18-19-22-51(85)75-64(11,12)61(95)79-34-20-21-47(79)57(91)72-46(36-40-23-25-42(81)26-24-40)56(90)77-62(7,8)58(92)73-44(28-31-49(67)83)54(88)71-45(29-32-50(68)84)55(89)76-63(9,10)59(93)78-65(15-3,33-14-2)60(94)74-43(27-30-48(66)82)53(87)69-39(6)52(86)70-41(37-80)35-38(4)5/h23-26,38-39,41,43-47,80-81H,13-22,27-37H2,1-12H3,(H2,66,82)(H2,67,83)(H2,68,84)(H,69,87)(H,70,86)(H,71,88)(H,72,91)(H,73,92)(H,74,94)(H,75,85)(H,76,89)(H,77,90)(H,78,93)/t39-,41-,43-,44-,45-,46-,47-,65-/m0/s1. The van der Waals surface area contributed by atoms with E-state index in [1.54, 1.807) is 27.7 Å². The molecule has 1 heterocycles. The van der Waals surface area contributed by atoms with Crippen LogP contribution in [0.3, 0.4) is 0 Å². The Bertz CT molecular complexity index is 2850. The molecular weight excluding hydrogens is 1230 g/mol. The summed E-state index contributed by atoms with van der Waals surface area (Å²) < 4.78 is 0. The van der Waals surface area contributed by atoms with Crippen molar-refractivity contribution in [1.82, 2.24) is 58.1 Å². The highest BCUT2D eigenvalue weighted by Crippen LogP contribution is 2.25. The van der Waals surface area contributed by atoms with E-state index in [0.717, 1.165) is 25.7 Å². The zero-order valence-corrected chi connectivity index (χ0v) is 57.6. The molecular formula is C65H108N14O16. The minimum Gasteiger partial charge on any atom is -0.508 e. The van der Waals surface area contributed by atoms with Gasteiger partial charge in [-0.15, -0.1) is 0 Å². The minimum absolute atomic E-state index is 0.0237. The fourth-order valence-corrected chi connectivity index (χ4v) is 10.7. The molecule has 1 aliphatic rings. The van der Waals surface area contributed by atoms with Crippen LogP contribution in [0.1, 0.15) is 204 Å². The van der Waals surface area contributed by atoms with Gasteiger partial charge in [0.15, 0.2) is 0 Å². The third-order valence-corrected chi connectivity index (χ3v) is 16.4. The summed E-state index contributed by atoms with van der Waals surface area (Å²) in [5, 5.41) is 46.0. The Morgan fingerprint density at radius 3 is 1.56 bits per heavy atom. The average Bonchev–Trinajstić information content (AvgIpc) is 1.81. The van der Waals surface area contributed by atoms with Crippen LogP contribution in [0.15, 0.2) is 24.3 Å². The predicted octanol–water partition coefficient (Wildman–Crippen LogP) is -0.201. The Morgan fingerprint density at radius 1 is 0.547 bits per heavy atom. The van der Waals surface area contributed by atoms with E-state index < -0.39 is 167 Å². The number of likely N-dealkylation sites (tertiary alicyclic amines) is 1. The van der Waals surface area contributed by atoms with Gasteiger partial charge in [0.1, 0.15) is 64.2 Å². The maximum atomic E-state index is 14.4. The van der Waals surface area contributed by atoms with Crippen LogP contribution in [0.5, 0.6) is 5.75 Å². The lowest BCUT2D eigenvalue weighted by molar-refractivity contribution is -0.145. The first kappa shape index (κ1) is 82.7. The lowest BCUT2D eigenvalue weighted by atomic mass is 9.87. The number of hydrogen-bond donors (Lipinski definition) is 15. The summed E-state index contributed by atoms with van der Waals surface area (Å²) in [6.07, 6.45) is 3.28. The van der Waals surface area contributed by atoms with Crippen LogP contribution in [0.25, 0.3) is 0 Å². The van der Waals surface area contributed by atoms with Gasteiger partial charge >= 0.3 is 0 Å². The Labute approximate surface area is 557 Å². The quantitative estimate of drug-likeness (QED) is 0.0377. The molecule has 534 valence electrons. The molecule has 0 unspecified atom stereocenters. The first-order chi connectivity index (χ1) is 44.3. The highest BCUT2D eigenvalue weighted by molar-refractivity contribution is 6.02. The number of carbonyl (C=O) groups excluding carboxylic acids is 14. The van der Waals surface area contributed by atoms with Crippen molar-refractivity contribution in [3.05, 3.63) is 29.8 Å². The largest absolute Gasteiger partial charge is 0.508 e. The molecule has 14 amide bonds. The molecule has 0 radical (unpaired) electrons. The van der Waals surface area contributed by atoms with E-state index in [2.05, 4.69) is 60.1 Å². The van der Waals surface area contributed by atoms with Crippen molar-refractivity contribution in [1.29, 1.82) is 0 Å². The molecule has 0 spiro atoms. The second-order valence-electron chi connectivity index (χ2n) is 26.7. The molecule has 1 aromatic rings. The van der Waals surface area contributed by atoms with Crippen molar-refractivity contribution < 1.29 is 77.3 Å². The maximum absolute atomic E-state index is 14.4. The Hall–Kier alpha value is -8.44. The third kappa shape index (κ3) is 27.8. The van der Waals surface area contributed by atoms with E-state index in [-0.39, 0.29) is 82.1 Å². The summed E-state index contributed by atoms with van der Waals surface area (Å²) >= 11 is 0. The minimum atomic E-state index is -1.94. The molecule has 1 aliphatic heterocycles. The smallest absolute Gasteiger partial charge is 0.248 e. The number of unbranched alkanes of at least 4 members (excludes halogenated alkanes) is 4. The molecule has 1 aromatic carbocycles. The number of rotatable bonds is 43. The van der Waals surface area contributed by atoms with Gasteiger partial charge in [0, 0.05) is 38.6 Å². The van der Waals surface area contributed by atoms with Gasteiger partial charge in [-0.3, -0.25) is 67.1 Å². The molecule has 0 saturated carbocycles. The molecule has 30 heteroatoms. The fourth-order valence-electron chi connectivity index (χ4n) is 10.7. The van der Waals surface area contributed by atoms with Crippen molar-refractivity contribution in [3.63, 3.8) is 0 Å². The number of nitrogens with one attached hydrogen (secondary N) is 10. The Morgan fingerprint density at radius 2 is 1.05 bits per heavy atom. The summed E-state index contributed by atoms with van der Waals surface area (Å²) in [5.41, 5.74) is 9.82. The number of benzene rings is 1. The van der Waals surface area contributed by atoms with E-state index in [1.165, 1.54) is 63.8 Å². The van der Waals surface area contributed by atoms with Gasteiger partial charge in [-0.25, -0.2) is 0 Å². The van der Waals surface area contributed by atoms with Crippen LogP contribution in [0.2, 0.25) is 0 Å². The number of aromatic hydroxyl groups is 1. The van der Waals surface area contributed by atoms with Gasteiger partial charge in [-0.05, 0) is 130 Å². The second kappa shape index (κ2) is 38.8. The van der Waals surface area contributed by atoms with Gasteiger partial charge < -0.3 is 85.5 Å². The first-order valence-corrected chi connectivity index (χ1v) is 32.9. The lowest BCUT2D eigenvalue weighted by Crippen LogP contribution is -2.67. The predicted molar refractivity (Wildman–Crippen MR) is 352 cm³/mol. The van der Waals surface area contributed by atoms with Crippen LogP contribution in [-0.4, -0.2) is 175 Å². The number of amides is 14. The zero-order valence-electron chi connectivity index (χ0n) is 57.6. The Kier molecular flexibility index (Phi) is 33.8. The van der Waals surface area contributed by atoms with Crippen LogP contribution < -0.4 is 70.4 Å². The summed E-state index contributed by atoms with van der Waals surface area (Å²) in [4.78, 5) is 192. The van der Waals surface area contributed by atoms with Gasteiger partial charge in [0.05, 0.1) is 12.6 Å². The summed E-state index contributed by atoms with van der Waals surface area (Å²) in [6.45, 7) is 18.6. The second-order valence-corrected chi connectivity index (χ2v) is 26.7. The van der Waals surface area contributed by atoms with Crippen molar-refractivity contribution in [2.75, 3.05) is 13.2 Å². The van der Waals surface area contributed by atoms with Crippen molar-refractivity contribution in [2.45, 2.75) is 270 Å². The zero-order chi connectivity index (χ0) is 72.2. The fraction of sp³-hybridized carbons (Fsp3) is 0.692. The molecule has 2 rings (SSSR count). The number of phenols is 1. The van der Waals surface area contributed by atoms with Crippen LogP contribution >= 0.6 is 0 Å². The molecule has 18 N–H and O–H groups in total. The SMILES string of the molecule is CCCCCCCC(=O)NC(C)(C)C(=O)N1CCC[C@H]1C(=O)N[C@@H](Cc1ccc(O)cc1)C(=O)NC(C)(C)C(=O)N[C@@H](CCC(N)=O)C(=O)N[C@@H](CCC(N)=O)C(=O)NC(C)(C)C(=O)N[C@@](CC)(CCC)C(=O)N[C@@H](CCC(N)=O)C(=O)N[C@@H](C)C(=O)N[C@H](CO)CC(C)C. The van der Waals surface area contributed by atoms with Crippen LogP contribution in [0, 0.1) is 5.92 Å². The number of aliphatic hydroxyl groups excluding tert-OH is 1. The molecule has 1 saturated heterocycles. The third-order valence-electron chi connectivity index (χ3n) is 16.4. The van der Waals surface area contributed by atoms with E-state index in [4.69, 9.17) is 17.2 Å². The van der Waals surface area contributed by atoms with Gasteiger partial charge in [-0.1, -0.05) is 78.9 Å². The summed E-state index contributed by atoms with van der Waals surface area (Å²) in [6, 6.07) is -3.32. The molecule has 30 nitrogen and oxygen atoms in total. The first-order valence-electron chi connectivity index (χ1n) is 32.9. The van der Waals surface area contributed by atoms with Gasteiger partial charge in [0.2, 0.25) is 82.7 Å². The number of nitrogens with zero attached hydrogens (tertiary/aromatic N) is 1. The topological polar surface area (TPSA) is 481 Å². The number of carbonyl (C=O) groups is 14. The molecule has 0 aliphatic carbocycles. The van der Waals surface area contributed by atoms with Crippen molar-refractivity contribution >= 4 is 82.7 Å². The van der Waals surface area contributed by atoms with Crippen molar-refractivity contribution in [3.8, 4) is 5.75 Å². The number of hydrogen-bond acceptors (Lipinski definition) is 16. The molecule has 0 bridgehead atoms. The highest BCUT2D eigenvalue weighted by Gasteiger charge is 2.46. The number of phenolic OH excluding ortho intramolecular Hbond substituents is 1. The van der Waals surface area contributed by atoms with Crippen molar-refractivity contribution in [2.24, 2.45) is 23.1 Å². The lowest BCUT2D eigenvalue weighted by Gasteiger charge is -2.37. The molecule has 95 heavy (non-hydrogen) atoms. The molecule has 8 atom stereocenters. The summed E-state index contributed by atoms with van der Waals surface area (Å²) in [5.74, 6) is -11.5. The Balaban J connectivity index is 2.43. The highest BCUT2D eigenvalue weighted by atomic mass is 16.3. The van der Waals surface area contributed by atoms with Gasteiger partial charge in [-0.2, -0.15) is 0 Å². The molecule has 0 aromatic heterocycles.